The van der Waals surface area contributed by atoms with E-state index < -0.39 is 41.8 Å². The van der Waals surface area contributed by atoms with Crippen LogP contribution in [-0.2, 0) is 24.2 Å². The van der Waals surface area contributed by atoms with Crippen molar-refractivity contribution in [1.29, 1.82) is 0 Å². The van der Waals surface area contributed by atoms with Crippen LogP contribution in [0.15, 0.2) is 10.6 Å². The van der Waals surface area contributed by atoms with Crippen molar-refractivity contribution >= 4 is 26.0 Å². The minimum atomic E-state index is -4.71. The first kappa shape index (κ1) is 15.6. The van der Waals surface area contributed by atoms with Gasteiger partial charge in [0.25, 0.3) is 0 Å². The zero-order chi connectivity index (χ0) is 14.7. The lowest BCUT2D eigenvalue weighted by Crippen LogP contribution is -2.21. The van der Waals surface area contributed by atoms with E-state index in [0.29, 0.717) is 6.08 Å². The Bertz CT molecular complexity index is 664. The van der Waals surface area contributed by atoms with Gasteiger partial charge in [-0.2, -0.15) is 33.0 Å². The highest BCUT2D eigenvalue weighted by atomic mass is 32.3. The molecule has 0 unspecified atom stereocenters. The van der Waals surface area contributed by atoms with Gasteiger partial charge in [0.15, 0.2) is 19.9 Å². The summed E-state index contributed by atoms with van der Waals surface area (Å²) < 4.78 is 61.4. The Kier molecular flexibility index (Phi) is 4.62. The van der Waals surface area contributed by atoms with Gasteiger partial charge in [-0.1, -0.05) is 6.92 Å². The summed E-state index contributed by atoms with van der Waals surface area (Å²) >= 11 is 0. The fourth-order valence-electron chi connectivity index (χ4n) is 0.970. The summed E-state index contributed by atoms with van der Waals surface area (Å²) in [5.41, 5.74) is 0. The van der Waals surface area contributed by atoms with Crippen LogP contribution in [0.25, 0.3) is 6.08 Å². The van der Waals surface area contributed by atoms with E-state index in [1.807, 2.05) is 0 Å². The molecule has 106 valence electrons. The molecular weight excluding hydrogens is 303 g/mol. The molecule has 0 spiro atoms. The van der Waals surface area contributed by atoms with E-state index in [0.717, 1.165) is 6.33 Å². The van der Waals surface area contributed by atoms with Gasteiger partial charge in [-0.15, -0.1) is 0 Å². The third-order valence-electron chi connectivity index (χ3n) is 1.87. The van der Waals surface area contributed by atoms with Gasteiger partial charge >= 0.3 is 16.2 Å². The van der Waals surface area contributed by atoms with Gasteiger partial charge in [-0.05, 0) is 0 Å². The lowest BCUT2D eigenvalue weighted by atomic mass is 10.6. The summed E-state index contributed by atoms with van der Waals surface area (Å²) in [4.78, 5) is 9.57. The zero-order valence-corrected chi connectivity index (χ0v) is 11.1. The maximum absolute atomic E-state index is 12.7. The maximum atomic E-state index is 12.7. The average Bonchev–Trinajstić information content (AvgIpc) is 2.35. The Morgan fingerprint density at radius 2 is 2.05 bits per heavy atom. The Hall–Kier alpha value is -1.50. The van der Waals surface area contributed by atoms with Crippen LogP contribution >= 0.6 is 0 Å². The zero-order valence-electron chi connectivity index (χ0n) is 9.52. The van der Waals surface area contributed by atoms with Crippen LogP contribution in [0.2, 0.25) is 0 Å². The van der Waals surface area contributed by atoms with Crippen molar-refractivity contribution in [2.75, 3.05) is 5.75 Å². The quantitative estimate of drug-likeness (QED) is 0.674. The molecule has 2 N–H and O–H groups in total. The van der Waals surface area contributed by atoms with Crippen LogP contribution in [0, 0.1) is 6.08 Å². The van der Waals surface area contributed by atoms with Crippen LogP contribution in [0.3, 0.4) is 0 Å². The molecule has 0 aliphatic carbocycles. The molecule has 0 aliphatic rings. The van der Waals surface area contributed by atoms with Crippen LogP contribution in [0.5, 0.6) is 0 Å². The molecule has 0 saturated carbocycles. The van der Waals surface area contributed by atoms with Crippen LogP contribution < -0.4 is 5.90 Å². The van der Waals surface area contributed by atoms with Crippen molar-refractivity contribution in [2.45, 2.75) is 6.92 Å². The Balaban J connectivity index is 3.51. The molecule has 0 amide bonds. The predicted molar refractivity (Wildman–Crippen MR) is 61.4 cm³/mol. The highest BCUT2D eigenvalue weighted by Crippen LogP contribution is 2.18. The molecule has 0 radical (unpaired) electrons. The van der Waals surface area contributed by atoms with E-state index >= 15 is 0 Å². The molecule has 0 bridgehead atoms. The summed E-state index contributed by atoms with van der Waals surface area (Å²) in [6.45, 7) is 1.21. The highest BCUT2D eigenvalue weighted by molar-refractivity contribution is 8.12. The third kappa shape index (κ3) is 3.73. The minimum absolute atomic E-state index is 0.500. The molecular formula is C7H9FN4O5S2. The smallest absolute Gasteiger partial charge is 0.223 e. The van der Waals surface area contributed by atoms with Gasteiger partial charge in [0, 0.05) is 6.08 Å². The molecule has 12 heteroatoms. The number of rotatable bonds is 5. The summed E-state index contributed by atoms with van der Waals surface area (Å²) in [5, 5.41) is 0. The Morgan fingerprint density at radius 1 is 1.42 bits per heavy atom. The minimum Gasteiger partial charge on any atom is -0.223 e. The van der Waals surface area contributed by atoms with Crippen molar-refractivity contribution in [1.82, 2.24) is 15.0 Å². The largest absolute Gasteiger partial charge is 0.323 e. The second-order valence-electron chi connectivity index (χ2n) is 3.03. The SMILES string of the molecule is CCS(=O)(=O)C(=Cc1ncnc(F)n1)S(=O)(=O)ON. The normalized spacial score (nSPS) is 13.5. The van der Waals surface area contributed by atoms with E-state index in [4.69, 9.17) is 0 Å². The summed E-state index contributed by atoms with van der Waals surface area (Å²) in [6.07, 6.45) is 0.0899. The lowest BCUT2D eigenvalue weighted by molar-refractivity contribution is 0.339. The molecule has 19 heavy (non-hydrogen) atoms. The molecule has 0 fully saturated rings. The third-order valence-corrected chi connectivity index (χ3v) is 5.60. The number of halogens is 1. The molecule has 0 aromatic carbocycles. The summed E-state index contributed by atoms with van der Waals surface area (Å²) in [7, 11) is -8.91. The molecule has 1 aromatic heterocycles. The first-order chi connectivity index (χ1) is 8.73. The van der Waals surface area contributed by atoms with E-state index in [1.165, 1.54) is 6.92 Å². The first-order valence-corrected chi connectivity index (χ1v) is 7.71. The standard InChI is InChI=1S/C7H9FN4O5S2/c1-2-18(13,14)6(19(15,16)17-9)3-5-10-4-11-7(8)12-5/h3-4H,2,9H2,1H3. The van der Waals surface area contributed by atoms with E-state index in [2.05, 4.69) is 25.1 Å². The molecule has 0 atom stereocenters. The number of aromatic nitrogens is 3. The first-order valence-electron chi connectivity index (χ1n) is 4.65. The Labute approximate surface area is 108 Å². The number of hydrogen-bond donors (Lipinski definition) is 1. The van der Waals surface area contributed by atoms with Crippen molar-refractivity contribution in [3.8, 4) is 0 Å². The van der Waals surface area contributed by atoms with Gasteiger partial charge in [0.1, 0.15) is 6.33 Å². The molecule has 0 saturated heterocycles. The highest BCUT2D eigenvalue weighted by Gasteiger charge is 2.30. The van der Waals surface area contributed by atoms with Gasteiger partial charge < -0.3 is 0 Å². The number of sulfone groups is 1. The number of nitrogens with zero attached hydrogens (tertiary/aromatic N) is 3. The van der Waals surface area contributed by atoms with Crippen molar-refractivity contribution < 1.29 is 25.5 Å². The molecule has 1 rings (SSSR count). The van der Waals surface area contributed by atoms with Crippen LogP contribution in [-0.4, -0.2) is 37.5 Å². The maximum Gasteiger partial charge on any atom is 0.323 e. The van der Waals surface area contributed by atoms with Crippen LogP contribution in [0.4, 0.5) is 4.39 Å². The van der Waals surface area contributed by atoms with Gasteiger partial charge in [0.05, 0.1) is 5.75 Å². The summed E-state index contributed by atoms with van der Waals surface area (Å²) in [6, 6.07) is 0. The van der Waals surface area contributed by atoms with E-state index in [9.17, 15) is 21.2 Å². The molecule has 1 aromatic rings. The Morgan fingerprint density at radius 3 is 2.53 bits per heavy atom. The molecule has 1 heterocycles. The average molecular weight is 312 g/mol. The monoisotopic (exact) mass is 312 g/mol. The van der Waals surface area contributed by atoms with E-state index in [1.54, 1.807) is 0 Å². The van der Waals surface area contributed by atoms with Gasteiger partial charge in [-0.25, -0.2) is 13.4 Å². The van der Waals surface area contributed by atoms with Gasteiger partial charge in [-0.3, -0.25) is 0 Å². The van der Waals surface area contributed by atoms with Crippen LogP contribution in [0.1, 0.15) is 12.7 Å². The topological polar surface area (TPSA) is 142 Å². The lowest BCUT2D eigenvalue weighted by Gasteiger charge is -2.05. The van der Waals surface area contributed by atoms with E-state index in [-0.39, 0.29) is 0 Å². The second kappa shape index (κ2) is 5.64. The summed E-state index contributed by atoms with van der Waals surface area (Å²) in [5.74, 6) is 3.49. The number of hydrogen-bond acceptors (Lipinski definition) is 9. The second-order valence-corrected chi connectivity index (χ2v) is 7.08. The van der Waals surface area contributed by atoms with Gasteiger partial charge in [0.2, 0.25) is 0 Å². The number of nitrogens with two attached hydrogens (primary N) is 1. The van der Waals surface area contributed by atoms with Crippen molar-refractivity contribution in [3.63, 3.8) is 0 Å². The molecule has 0 aliphatic heterocycles. The molecule has 9 nitrogen and oxygen atoms in total. The fourth-order valence-corrected chi connectivity index (χ4v) is 3.60. The fraction of sp³-hybridized carbons (Fsp3) is 0.286. The van der Waals surface area contributed by atoms with Crippen molar-refractivity contribution in [2.24, 2.45) is 5.90 Å². The van der Waals surface area contributed by atoms with Crippen molar-refractivity contribution in [3.05, 3.63) is 22.5 Å². The predicted octanol–water partition coefficient (Wildman–Crippen LogP) is -1.04.